The average molecular weight is 373 g/mol. The molecule has 1 amide bonds. The first kappa shape index (κ1) is 18.6. The second-order valence-electron chi connectivity index (χ2n) is 6.44. The number of hydrogen-bond acceptors (Lipinski definition) is 2. The van der Waals surface area contributed by atoms with E-state index >= 15 is 0 Å². The summed E-state index contributed by atoms with van der Waals surface area (Å²) in [5.41, 5.74) is 2.56. The summed E-state index contributed by atoms with van der Waals surface area (Å²) >= 11 is 5.96. The number of hydrogen-bond donors (Lipinski definition) is 1. The van der Waals surface area contributed by atoms with Crippen molar-refractivity contribution in [1.82, 2.24) is 10.2 Å². The van der Waals surface area contributed by atoms with Gasteiger partial charge in [0.05, 0.1) is 5.02 Å². The predicted octanol–water partition coefficient (Wildman–Crippen LogP) is 4.40. The Hall–Kier alpha value is -2.17. The van der Waals surface area contributed by atoms with Crippen molar-refractivity contribution in [2.24, 2.45) is 0 Å². The highest BCUT2D eigenvalue weighted by Crippen LogP contribution is 2.20. The normalized spacial score (nSPS) is 14.8. The third kappa shape index (κ3) is 4.93. The van der Waals surface area contributed by atoms with Crippen LogP contribution in [0, 0.1) is 5.82 Å². The number of likely N-dealkylation sites (tertiary alicyclic amines) is 1. The third-order valence-electron chi connectivity index (χ3n) is 4.57. The highest BCUT2D eigenvalue weighted by atomic mass is 35.5. The van der Waals surface area contributed by atoms with Crippen molar-refractivity contribution in [1.29, 1.82) is 0 Å². The first-order valence-electron chi connectivity index (χ1n) is 8.82. The number of benzene rings is 2. The SMILES string of the molecule is O=C(/C=C/c1c(F)cccc1Cl)NCc1ccccc1CN1CCCC1. The molecule has 1 heterocycles. The lowest BCUT2D eigenvalue weighted by atomic mass is 10.1. The fourth-order valence-corrected chi connectivity index (χ4v) is 3.36. The molecule has 1 aliphatic heterocycles. The van der Waals surface area contributed by atoms with Gasteiger partial charge in [-0.05, 0) is 55.3 Å². The van der Waals surface area contributed by atoms with E-state index in [1.807, 2.05) is 18.2 Å². The number of carbonyl (C=O) groups is 1. The molecule has 26 heavy (non-hydrogen) atoms. The monoisotopic (exact) mass is 372 g/mol. The fraction of sp³-hybridized carbons (Fsp3) is 0.286. The molecule has 3 nitrogen and oxygen atoms in total. The smallest absolute Gasteiger partial charge is 0.244 e. The van der Waals surface area contributed by atoms with Crippen LogP contribution in [0.5, 0.6) is 0 Å². The van der Waals surface area contributed by atoms with Crippen LogP contribution >= 0.6 is 11.6 Å². The molecular weight excluding hydrogens is 351 g/mol. The average Bonchev–Trinajstić information content (AvgIpc) is 3.13. The topological polar surface area (TPSA) is 32.3 Å². The summed E-state index contributed by atoms with van der Waals surface area (Å²) in [5, 5.41) is 3.15. The lowest BCUT2D eigenvalue weighted by Gasteiger charge is -2.17. The van der Waals surface area contributed by atoms with Crippen molar-refractivity contribution in [2.75, 3.05) is 13.1 Å². The fourth-order valence-electron chi connectivity index (χ4n) is 3.14. The number of carbonyl (C=O) groups excluding carboxylic acids is 1. The van der Waals surface area contributed by atoms with Crippen molar-refractivity contribution < 1.29 is 9.18 Å². The molecule has 1 fully saturated rings. The number of halogens is 2. The number of nitrogens with one attached hydrogen (secondary N) is 1. The van der Waals surface area contributed by atoms with Crippen LogP contribution in [0.25, 0.3) is 6.08 Å². The Balaban J connectivity index is 1.60. The van der Waals surface area contributed by atoms with Gasteiger partial charge in [0.15, 0.2) is 0 Å². The van der Waals surface area contributed by atoms with E-state index in [0.717, 1.165) is 25.2 Å². The summed E-state index contributed by atoms with van der Waals surface area (Å²) in [6.07, 6.45) is 5.22. The van der Waals surface area contributed by atoms with Crippen molar-refractivity contribution in [3.8, 4) is 0 Å². The molecule has 1 N–H and O–H groups in total. The summed E-state index contributed by atoms with van der Waals surface area (Å²) < 4.78 is 13.7. The molecule has 0 unspecified atom stereocenters. The minimum absolute atomic E-state index is 0.221. The maximum atomic E-state index is 13.7. The zero-order chi connectivity index (χ0) is 18.4. The van der Waals surface area contributed by atoms with Crippen LogP contribution in [-0.2, 0) is 17.9 Å². The Bertz CT molecular complexity index is 780. The van der Waals surface area contributed by atoms with Crippen LogP contribution in [0.3, 0.4) is 0 Å². The zero-order valence-electron chi connectivity index (χ0n) is 14.6. The lowest BCUT2D eigenvalue weighted by Crippen LogP contribution is -2.23. The van der Waals surface area contributed by atoms with Gasteiger partial charge in [0.2, 0.25) is 5.91 Å². The molecule has 0 saturated carbocycles. The Morgan fingerprint density at radius 2 is 1.85 bits per heavy atom. The van der Waals surface area contributed by atoms with Crippen LogP contribution < -0.4 is 5.32 Å². The van der Waals surface area contributed by atoms with E-state index in [0.29, 0.717) is 6.54 Å². The molecule has 0 bridgehead atoms. The first-order valence-corrected chi connectivity index (χ1v) is 9.20. The quantitative estimate of drug-likeness (QED) is 0.762. The molecule has 1 saturated heterocycles. The van der Waals surface area contributed by atoms with Gasteiger partial charge < -0.3 is 5.32 Å². The van der Waals surface area contributed by atoms with Crippen molar-refractivity contribution in [2.45, 2.75) is 25.9 Å². The summed E-state index contributed by atoms with van der Waals surface area (Å²) in [4.78, 5) is 14.5. The molecule has 2 aromatic rings. The molecule has 136 valence electrons. The van der Waals surface area contributed by atoms with Gasteiger partial charge in [-0.25, -0.2) is 4.39 Å². The Kier molecular flexibility index (Phi) is 6.42. The number of nitrogens with zero attached hydrogens (tertiary/aromatic N) is 1. The van der Waals surface area contributed by atoms with Crippen LogP contribution in [0.2, 0.25) is 5.02 Å². The minimum Gasteiger partial charge on any atom is -0.348 e. The first-order chi connectivity index (χ1) is 12.6. The summed E-state index contributed by atoms with van der Waals surface area (Å²) in [7, 11) is 0. The Labute approximate surface area is 158 Å². The van der Waals surface area contributed by atoms with E-state index in [9.17, 15) is 9.18 Å². The van der Waals surface area contributed by atoms with Crippen molar-refractivity contribution >= 4 is 23.6 Å². The van der Waals surface area contributed by atoms with E-state index < -0.39 is 5.82 Å². The molecule has 1 aliphatic rings. The van der Waals surface area contributed by atoms with Gasteiger partial charge in [-0.3, -0.25) is 9.69 Å². The van der Waals surface area contributed by atoms with E-state index in [4.69, 9.17) is 11.6 Å². The van der Waals surface area contributed by atoms with Gasteiger partial charge in [0, 0.05) is 24.7 Å². The van der Waals surface area contributed by atoms with E-state index in [-0.39, 0.29) is 16.5 Å². The summed E-state index contributed by atoms with van der Waals surface area (Å²) in [6, 6.07) is 12.6. The Morgan fingerprint density at radius 1 is 1.12 bits per heavy atom. The standard InChI is InChI=1S/C21H22ClFN2O/c22-19-8-5-9-20(23)18(19)10-11-21(26)24-14-16-6-1-2-7-17(16)15-25-12-3-4-13-25/h1-2,5-11H,3-4,12-15H2,(H,24,26)/b11-10+. The predicted molar refractivity (Wildman–Crippen MR) is 103 cm³/mol. The van der Waals surface area contributed by atoms with E-state index in [2.05, 4.69) is 16.3 Å². The molecule has 0 aromatic heterocycles. The maximum absolute atomic E-state index is 13.7. The van der Waals surface area contributed by atoms with Crippen molar-refractivity contribution in [3.63, 3.8) is 0 Å². The van der Waals surface area contributed by atoms with E-state index in [1.165, 1.54) is 42.7 Å². The summed E-state index contributed by atoms with van der Waals surface area (Å²) in [5.74, 6) is -0.724. The maximum Gasteiger partial charge on any atom is 0.244 e. The highest BCUT2D eigenvalue weighted by Gasteiger charge is 2.13. The van der Waals surface area contributed by atoms with Gasteiger partial charge >= 0.3 is 0 Å². The van der Waals surface area contributed by atoms with Crippen molar-refractivity contribution in [3.05, 3.63) is 76.1 Å². The van der Waals surface area contributed by atoms with Crippen LogP contribution in [-0.4, -0.2) is 23.9 Å². The second kappa shape index (κ2) is 8.97. The molecule has 0 spiro atoms. The number of rotatable bonds is 6. The highest BCUT2D eigenvalue weighted by molar-refractivity contribution is 6.32. The van der Waals surface area contributed by atoms with Gasteiger partial charge in [0.1, 0.15) is 5.82 Å². The van der Waals surface area contributed by atoms with Gasteiger partial charge in [0.25, 0.3) is 0 Å². The molecule has 3 rings (SSSR count). The molecule has 0 radical (unpaired) electrons. The second-order valence-corrected chi connectivity index (χ2v) is 6.85. The lowest BCUT2D eigenvalue weighted by molar-refractivity contribution is -0.116. The Morgan fingerprint density at radius 3 is 2.58 bits per heavy atom. The van der Waals surface area contributed by atoms with Crippen LogP contribution in [0.1, 0.15) is 29.5 Å². The molecule has 0 aliphatic carbocycles. The minimum atomic E-state index is -0.447. The largest absolute Gasteiger partial charge is 0.348 e. The molecule has 0 atom stereocenters. The van der Waals surface area contributed by atoms with Crippen LogP contribution in [0.15, 0.2) is 48.5 Å². The van der Waals surface area contributed by atoms with Gasteiger partial charge in [-0.1, -0.05) is 41.9 Å². The molecular formula is C21H22ClFN2O. The molecule has 2 aromatic carbocycles. The summed E-state index contributed by atoms with van der Waals surface area (Å²) in [6.45, 7) is 3.62. The van der Waals surface area contributed by atoms with Gasteiger partial charge in [-0.2, -0.15) is 0 Å². The van der Waals surface area contributed by atoms with E-state index in [1.54, 1.807) is 6.07 Å². The zero-order valence-corrected chi connectivity index (χ0v) is 15.3. The third-order valence-corrected chi connectivity index (χ3v) is 4.89. The van der Waals surface area contributed by atoms with Crippen LogP contribution in [0.4, 0.5) is 4.39 Å². The molecule has 5 heteroatoms. The van der Waals surface area contributed by atoms with Gasteiger partial charge in [-0.15, -0.1) is 0 Å². The number of amides is 1.